The number of carbonyl (C=O) groups excluding carboxylic acids is 2. The number of methoxy groups -OCH3 is 2. The van der Waals surface area contributed by atoms with Crippen molar-refractivity contribution in [3.63, 3.8) is 0 Å². The molecule has 4 amide bonds. The lowest BCUT2D eigenvalue weighted by molar-refractivity contribution is 0.246. The van der Waals surface area contributed by atoms with E-state index in [0.29, 0.717) is 35.2 Å². The van der Waals surface area contributed by atoms with Crippen molar-refractivity contribution in [1.29, 1.82) is 0 Å². The summed E-state index contributed by atoms with van der Waals surface area (Å²) in [4.78, 5) is 31.4. The van der Waals surface area contributed by atoms with E-state index >= 15 is 0 Å². The zero-order valence-electron chi connectivity index (χ0n) is 27.0. The molecule has 4 aromatic carbocycles. The first kappa shape index (κ1) is 34.3. The van der Waals surface area contributed by atoms with Crippen molar-refractivity contribution in [3.05, 3.63) is 142 Å². The predicted octanol–water partition coefficient (Wildman–Crippen LogP) is 8.10. The Hall–Kier alpha value is -5.53. The minimum Gasteiger partial charge on any atom is -0.496 e. The topological polar surface area (TPSA) is 112 Å². The zero-order valence-corrected chi connectivity index (χ0v) is 30.2. The number of carbonyl (C=O) groups is 2. The summed E-state index contributed by atoms with van der Waals surface area (Å²) in [5, 5.41) is 14.8. The van der Waals surface area contributed by atoms with Gasteiger partial charge in [-0.25, -0.2) is 14.6 Å². The predicted molar refractivity (Wildman–Crippen MR) is 203 cm³/mol. The fraction of sp³-hybridized carbons (Fsp3) is 0.108. The Morgan fingerprint density at radius 1 is 0.640 bits per heavy atom. The molecule has 13 heteroatoms. The van der Waals surface area contributed by atoms with Crippen LogP contribution in [0.25, 0.3) is 0 Å². The van der Waals surface area contributed by atoms with E-state index < -0.39 is 0 Å². The molecule has 0 bridgehead atoms. The summed E-state index contributed by atoms with van der Waals surface area (Å²) in [7, 11) is 3.24. The van der Waals surface area contributed by atoms with E-state index in [4.69, 9.17) is 9.47 Å². The van der Waals surface area contributed by atoms with E-state index in [1.54, 1.807) is 31.4 Å². The van der Waals surface area contributed by atoms with Gasteiger partial charge in [-0.15, -0.1) is 0 Å². The van der Waals surface area contributed by atoms with Gasteiger partial charge in [-0.2, -0.15) is 20.2 Å². The number of benzene rings is 4. The molecule has 0 atom stereocenters. The van der Waals surface area contributed by atoms with Crippen molar-refractivity contribution < 1.29 is 19.1 Å². The van der Waals surface area contributed by atoms with Gasteiger partial charge in [0, 0.05) is 26.3 Å². The molecule has 0 radical (unpaired) electrons. The van der Waals surface area contributed by atoms with Gasteiger partial charge in [0.1, 0.15) is 17.3 Å². The second-order valence-electron chi connectivity index (χ2n) is 10.7. The maximum atomic E-state index is 13.3. The van der Waals surface area contributed by atoms with Crippen LogP contribution >= 0.6 is 31.9 Å². The number of amides is 4. The van der Waals surface area contributed by atoms with E-state index in [1.807, 2.05) is 109 Å². The summed E-state index contributed by atoms with van der Waals surface area (Å²) in [5.74, 6) is 1.99. The minimum atomic E-state index is -0.274. The van der Waals surface area contributed by atoms with Crippen LogP contribution in [0.4, 0.5) is 26.8 Å². The summed E-state index contributed by atoms with van der Waals surface area (Å²) < 4.78 is 12.4. The fourth-order valence-corrected chi connectivity index (χ4v) is 6.18. The molecule has 0 saturated carbocycles. The Labute approximate surface area is 306 Å². The van der Waals surface area contributed by atoms with Crippen LogP contribution in [0.2, 0.25) is 0 Å². The average molecular weight is 798 g/mol. The van der Waals surface area contributed by atoms with Gasteiger partial charge in [0.25, 0.3) is 0 Å². The Kier molecular flexibility index (Phi) is 10.8. The van der Waals surface area contributed by atoms with Crippen molar-refractivity contribution in [2.45, 2.75) is 0 Å². The van der Waals surface area contributed by atoms with Gasteiger partial charge in [-0.3, -0.25) is 4.90 Å². The van der Waals surface area contributed by atoms with Crippen LogP contribution in [0.3, 0.4) is 0 Å². The van der Waals surface area contributed by atoms with E-state index in [9.17, 15) is 9.59 Å². The van der Waals surface area contributed by atoms with E-state index in [1.165, 1.54) is 10.0 Å². The number of anilines is 3. The molecule has 0 spiro atoms. The third kappa shape index (κ3) is 7.38. The number of aromatic nitrogens is 1. The molecule has 11 nitrogen and oxygen atoms in total. The van der Waals surface area contributed by atoms with E-state index in [0.717, 1.165) is 31.5 Å². The number of pyridine rings is 1. The molecule has 0 saturated heterocycles. The number of ether oxygens (including phenoxy) is 2. The van der Waals surface area contributed by atoms with E-state index in [2.05, 4.69) is 52.4 Å². The van der Waals surface area contributed by atoms with Crippen LogP contribution in [0, 0.1) is 0 Å². The quantitative estimate of drug-likeness (QED) is 0.179. The Morgan fingerprint density at radius 2 is 1.16 bits per heavy atom. The van der Waals surface area contributed by atoms with Gasteiger partial charge >= 0.3 is 12.1 Å². The fourth-order valence-electron chi connectivity index (χ4n) is 5.28. The third-order valence-corrected chi connectivity index (χ3v) is 9.02. The average Bonchev–Trinajstić information content (AvgIpc) is 3.16. The van der Waals surface area contributed by atoms with Gasteiger partial charge in [0.15, 0.2) is 0 Å². The summed E-state index contributed by atoms with van der Waals surface area (Å²) in [5.41, 5.74) is 4.48. The van der Waals surface area contributed by atoms with Gasteiger partial charge in [-0.1, -0.05) is 54.6 Å². The van der Waals surface area contributed by atoms with Gasteiger partial charge in [0.05, 0.1) is 50.1 Å². The van der Waals surface area contributed by atoms with Crippen molar-refractivity contribution in [2.24, 2.45) is 10.2 Å². The maximum Gasteiger partial charge on any atom is 0.351 e. The largest absolute Gasteiger partial charge is 0.496 e. The molecule has 0 aliphatic carbocycles. The lowest BCUT2D eigenvalue weighted by Crippen LogP contribution is -2.49. The third-order valence-electron chi connectivity index (χ3n) is 7.68. The number of hydrazone groups is 2. The SMILES string of the molecule is COc1ccccc1C1=NN(c2ccccc2Br)C(=O)N(c2ccccn2)C1.COc1ccccc1C1=NN(c2ccccc2Br)C(=O)NC1. The first-order valence-electron chi connectivity index (χ1n) is 15.4. The minimum absolute atomic E-state index is 0.259. The van der Waals surface area contributed by atoms with Crippen molar-refractivity contribution >= 4 is 72.5 Å². The number of halogens is 2. The highest BCUT2D eigenvalue weighted by atomic mass is 79.9. The molecular formula is C37H31Br2N7O4. The van der Waals surface area contributed by atoms with Crippen LogP contribution in [0.1, 0.15) is 11.1 Å². The number of urea groups is 2. The van der Waals surface area contributed by atoms with Crippen LogP contribution in [-0.4, -0.2) is 55.8 Å². The molecule has 50 heavy (non-hydrogen) atoms. The molecule has 5 aromatic rings. The van der Waals surface area contributed by atoms with Crippen molar-refractivity contribution in [3.8, 4) is 11.5 Å². The van der Waals surface area contributed by atoms with Crippen LogP contribution < -0.4 is 29.7 Å². The van der Waals surface area contributed by atoms with Crippen LogP contribution in [0.15, 0.2) is 141 Å². The van der Waals surface area contributed by atoms with Crippen molar-refractivity contribution in [2.75, 3.05) is 42.2 Å². The number of hydrogen-bond acceptors (Lipinski definition) is 7. The summed E-state index contributed by atoms with van der Waals surface area (Å²) >= 11 is 6.97. The second-order valence-corrected chi connectivity index (χ2v) is 12.4. The van der Waals surface area contributed by atoms with Crippen LogP contribution in [0.5, 0.6) is 11.5 Å². The summed E-state index contributed by atoms with van der Waals surface area (Å²) in [6, 6.07) is 35.1. The van der Waals surface area contributed by atoms with E-state index in [-0.39, 0.29) is 18.6 Å². The smallest absolute Gasteiger partial charge is 0.351 e. The van der Waals surface area contributed by atoms with Gasteiger partial charge in [-0.05, 0) is 92.5 Å². The Morgan fingerprint density at radius 3 is 1.74 bits per heavy atom. The number of nitrogens with zero attached hydrogens (tertiary/aromatic N) is 6. The van der Waals surface area contributed by atoms with Crippen molar-refractivity contribution in [1.82, 2.24) is 10.3 Å². The number of para-hydroxylation sites is 4. The molecule has 252 valence electrons. The number of nitrogens with one attached hydrogen (secondary N) is 1. The summed E-state index contributed by atoms with van der Waals surface area (Å²) in [6.45, 7) is 0.650. The number of hydrogen-bond donors (Lipinski definition) is 1. The molecule has 0 fully saturated rings. The lowest BCUT2D eigenvalue weighted by atomic mass is 10.1. The second kappa shape index (κ2) is 15.8. The van der Waals surface area contributed by atoms with Crippen LogP contribution in [-0.2, 0) is 0 Å². The molecule has 2 aliphatic heterocycles. The normalized spacial score (nSPS) is 14.2. The Bertz CT molecular complexity index is 2080. The maximum absolute atomic E-state index is 13.3. The number of rotatable bonds is 7. The highest BCUT2D eigenvalue weighted by molar-refractivity contribution is 9.11. The lowest BCUT2D eigenvalue weighted by Gasteiger charge is -2.33. The van der Waals surface area contributed by atoms with Gasteiger partial charge < -0.3 is 14.8 Å². The molecular weight excluding hydrogens is 766 g/mol. The van der Waals surface area contributed by atoms with Gasteiger partial charge in [0.2, 0.25) is 0 Å². The molecule has 1 aromatic heterocycles. The highest BCUT2D eigenvalue weighted by Gasteiger charge is 2.33. The molecule has 0 unspecified atom stereocenters. The first-order valence-corrected chi connectivity index (χ1v) is 17.0. The highest BCUT2D eigenvalue weighted by Crippen LogP contribution is 2.32. The molecule has 3 heterocycles. The molecule has 2 aliphatic rings. The molecule has 1 N–H and O–H groups in total. The molecule has 7 rings (SSSR count). The first-order chi connectivity index (χ1) is 24.4. The zero-order chi connectivity index (χ0) is 35.0. The Balaban J connectivity index is 0.000000178. The standard InChI is InChI=1S/C21H17BrN4O2.C16H14BrN3O2/c1-28-19-11-5-2-8-15(19)17-14-25(20-12-6-7-13-23-20)21(27)26(24-17)18-10-4-3-9-16(18)22;1-22-15-9-5-2-6-11(15)13-10-18-16(21)20(19-13)14-8-4-3-7-12(14)17/h2-13H,14H2,1H3;2-9H,10H2,1H3,(H,18,21). The summed E-state index contributed by atoms with van der Waals surface area (Å²) in [6.07, 6.45) is 1.67. The monoisotopic (exact) mass is 795 g/mol.